The smallest absolute Gasteiger partial charge is 0.246 e. The summed E-state index contributed by atoms with van der Waals surface area (Å²) in [6.45, 7) is 5.48. The maximum absolute atomic E-state index is 12.8. The average molecular weight is 316 g/mol. The van der Waals surface area contributed by atoms with Crippen LogP contribution in [0.15, 0.2) is 9.31 Å². The second kappa shape index (κ2) is 6.48. The minimum atomic E-state index is -3.57. The summed E-state index contributed by atoms with van der Waals surface area (Å²) in [5, 5.41) is 0. The third-order valence-corrected chi connectivity index (χ3v) is 6.07. The maximum Gasteiger partial charge on any atom is 0.246 e. The molecule has 120 valence electrons. The molecule has 2 N–H and O–H groups in total. The van der Waals surface area contributed by atoms with Gasteiger partial charge in [-0.05, 0) is 32.6 Å². The molecule has 21 heavy (non-hydrogen) atoms. The molecule has 0 aliphatic carbocycles. The van der Waals surface area contributed by atoms with E-state index in [2.05, 4.69) is 0 Å². The van der Waals surface area contributed by atoms with Crippen LogP contribution in [0.2, 0.25) is 0 Å². The molecule has 0 aromatic carbocycles. The largest absolute Gasteiger partial charge is 0.465 e. The second-order valence-corrected chi connectivity index (χ2v) is 7.55. The van der Waals surface area contributed by atoms with E-state index in [4.69, 9.17) is 14.9 Å². The van der Waals surface area contributed by atoms with E-state index in [1.807, 2.05) is 0 Å². The normalized spacial score (nSPS) is 17.6. The van der Waals surface area contributed by atoms with E-state index in [1.165, 1.54) is 4.31 Å². The Hall–Kier alpha value is -0.890. The Morgan fingerprint density at radius 1 is 1.24 bits per heavy atom. The van der Waals surface area contributed by atoms with Gasteiger partial charge in [-0.15, -0.1) is 0 Å². The van der Waals surface area contributed by atoms with Gasteiger partial charge in [-0.3, -0.25) is 0 Å². The molecule has 1 aromatic rings. The summed E-state index contributed by atoms with van der Waals surface area (Å²) in [6.07, 6.45) is 1.79. The zero-order chi connectivity index (χ0) is 15.6. The summed E-state index contributed by atoms with van der Waals surface area (Å²) in [7, 11) is -1.95. The monoisotopic (exact) mass is 316 g/mol. The molecule has 1 aliphatic rings. The first-order valence-corrected chi connectivity index (χ1v) is 8.65. The van der Waals surface area contributed by atoms with Crippen LogP contribution < -0.4 is 5.73 Å². The van der Waals surface area contributed by atoms with Crippen LogP contribution in [0.3, 0.4) is 0 Å². The highest BCUT2D eigenvalue weighted by molar-refractivity contribution is 7.89. The van der Waals surface area contributed by atoms with Gasteiger partial charge in [0.1, 0.15) is 16.4 Å². The molecule has 6 nitrogen and oxygen atoms in total. The summed E-state index contributed by atoms with van der Waals surface area (Å²) in [4.78, 5) is 0.233. The summed E-state index contributed by atoms with van der Waals surface area (Å²) in [5.41, 5.74) is 6.26. The van der Waals surface area contributed by atoms with Crippen LogP contribution in [-0.2, 0) is 21.3 Å². The fraction of sp³-hybridized carbons (Fsp3) is 0.714. The van der Waals surface area contributed by atoms with E-state index >= 15 is 0 Å². The lowest BCUT2D eigenvalue weighted by Gasteiger charge is -2.26. The number of hydrogen-bond donors (Lipinski definition) is 1. The number of furan rings is 1. The first kappa shape index (κ1) is 16.5. The van der Waals surface area contributed by atoms with Crippen molar-refractivity contribution in [3.05, 3.63) is 17.1 Å². The molecular weight excluding hydrogens is 292 g/mol. The molecule has 7 heteroatoms. The first-order valence-electron chi connectivity index (χ1n) is 7.21. The van der Waals surface area contributed by atoms with E-state index in [0.717, 1.165) is 12.8 Å². The lowest BCUT2D eigenvalue weighted by Crippen LogP contribution is -2.34. The minimum absolute atomic E-state index is 0.156. The third kappa shape index (κ3) is 3.31. The van der Waals surface area contributed by atoms with Gasteiger partial charge < -0.3 is 14.9 Å². The van der Waals surface area contributed by atoms with Crippen molar-refractivity contribution in [3.8, 4) is 0 Å². The molecule has 0 saturated carbocycles. The van der Waals surface area contributed by atoms with E-state index in [9.17, 15) is 8.42 Å². The Morgan fingerprint density at radius 2 is 1.86 bits per heavy atom. The molecule has 0 bridgehead atoms. The molecule has 1 aromatic heterocycles. The lowest BCUT2D eigenvalue weighted by atomic mass is 10.0. The number of sulfonamides is 1. The molecule has 0 amide bonds. The number of aryl methyl sites for hydroxylation is 2. The van der Waals surface area contributed by atoms with Gasteiger partial charge in [-0.25, -0.2) is 12.7 Å². The zero-order valence-corrected chi connectivity index (χ0v) is 13.7. The Bertz CT molecular complexity index is 588. The Labute approximate surface area is 126 Å². The third-order valence-electron chi connectivity index (χ3n) is 4.05. The van der Waals surface area contributed by atoms with Gasteiger partial charge in [0.05, 0.1) is 0 Å². The van der Waals surface area contributed by atoms with Crippen LogP contribution in [0.5, 0.6) is 0 Å². The molecule has 2 rings (SSSR count). The van der Waals surface area contributed by atoms with Crippen molar-refractivity contribution >= 4 is 10.0 Å². The number of hydrogen-bond acceptors (Lipinski definition) is 5. The molecule has 0 atom stereocenters. The van der Waals surface area contributed by atoms with Crippen LogP contribution in [-0.4, -0.2) is 39.5 Å². The molecule has 0 radical (unpaired) electrons. The average Bonchev–Trinajstić information content (AvgIpc) is 2.74. The van der Waals surface area contributed by atoms with Crippen LogP contribution in [0, 0.1) is 19.8 Å². The van der Waals surface area contributed by atoms with Gasteiger partial charge in [0.15, 0.2) is 0 Å². The fourth-order valence-corrected chi connectivity index (χ4v) is 4.49. The quantitative estimate of drug-likeness (QED) is 0.887. The van der Waals surface area contributed by atoms with Gasteiger partial charge in [-0.1, -0.05) is 0 Å². The van der Waals surface area contributed by atoms with Crippen molar-refractivity contribution in [1.29, 1.82) is 0 Å². The van der Waals surface area contributed by atoms with Crippen molar-refractivity contribution in [1.82, 2.24) is 4.31 Å². The number of ether oxygens (including phenoxy) is 1. The molecule has 1 aliphatic heterocycles. The molecule has 0 unspecified atom stereocenters. The SMILES string of the molecule is Cc1oc(C)c(S(=O)(=O)N(C)CC2CCOCC2)c1CN. The van der Waals surface area contributed by atoms with E-state index in [-0.39, 0.29) is 11.4 Å². The topological polar surface area (TPSA) is 85.8 Å². The van der Waals surface area contributed by atoms with E-state index in [0.29, 0.717) is 42.8 Å². The molecular formula is C14H24N2O4S. The van der Waals surface area contributed by atoms with Crippen LogP contribution in [0.4, 0.5) is 0 Å². The van der Waals surface area contributed by atoms with Gasteiger partial charge in [0.25, 0.3) is 0 Å². The van der Waals surface area contributed by atoms with E-state index < -0.39 is 10.0 Å². The van der Waals surface area contributed by atoms with Crippen molar-refractivity contribution in [3.63, 3.8) is 0 Å². The Kier molecular flexibility index (Phi) is 5.08. The highest BCUT2D eigenvalue weighted by atomic mass is 32.2. The highest BCUT2D eigenvalue weighted by Gasteiger charge is 2.31. The Morgan fingerprint density at radius 3 is 2.43 bits per heavy atom. The van der Waals surface area contributed by atoms with Crippen LogP contribution >= 0.6 is 0 Å². The second-order valence-electron chi connectivity index (χ2n) is 5.57. The summed E-state index contributed by atoms with van der Waals surface area (Å²) >= 11 is 0. The van der Waals surface area contributed by atoms with Crippen molar-refractivity contribution in [2.45, 2.75) is 38.1 Å². The van der Waals surface area contributed by atoms with Gasteiger partial charge in [0.2, 0.25) is 10.0 Å². The Balaban J connectivity index is 2.24. The number of nitrogens with two attached hydrogens (primary N) is 1. The fourth-order valence-electron chi connectivity index (χ4n) is 2.83. The molecule has 1 fully saturated rings. The zero-order valence-electron chi connectivity index (χ0n) is 12.9. The first-order chi connectivity index (χ1) is 9.87. The van der Waals surface area contributed by atoms with Crippen LogP contribution in [0.1, 0.15) is 29.9 Å². The summed E-state index contributed by atoms with van der Waals surface area (Å²) < 4.78 is 37.8. The van der Waals surface area contributed by atoms with Crippen LogP contribution in [0.25, 0.3) is 0 Å². The molecule has 0 spiro atoms. The lowest BCUT2D eigenvalue weighted by molar-refractivity contribution is 0.0620. The molecule has 2 heterocycles. The van der Waals surface area contributed by atoms with E-state index in [1.54, 1.807) is 20.9 Å². The number of rotatable bonds is 5. The standard InChI is InChI=1S/C14H24N2O4S/c1-10-13(8-15)14(11(2)20-10)21(17,18)16(3)9-12-4-6-19-7-5-12/h12H,4-9,15H2,1-3H3. The van der Waals surface area contributed by atoms with Gasteiger partial charge in [0, 0.05) is 38.9 Å². The van der Waals surface area contributed by atoms with Crippen molar-refractivity contribution in [2.75, 3.05) is 26.8 Å². The summed E-state index contributed by atoms with van der Waals surface area (Å²) in [5.74, 6) is 1.33. The highest BCUT2D eigenvalue weighted by Crippen LogP contribution is 2.29. The minimum Gasteiger partial charge on any atom is -0.465 e. The van der Waals surface area contributed by atoms with Gasteiger partial charge >= 0.3 is 0 Å². The molecule has 1 saturated heterocycles. The maximum atomic E-state index is 12.8. The summed E-state index contributed by atoms with van der Waals surface area (Å²) in [6, 6.07) is 0. The van der Waals surface area contributed by atoms with Crippen molar-refractivity contribution < 1.29 is 17.6 Å². The predicted molar refractivity (Wildman–Crippen MR) is 79.4 cm³/mol. The number of nitrogens with zero attached hydrogens (tertiary/aromatic N) is 1. The van der Waals surface area contributed by atoms with Gasteiger partial charge in [-0.2, -0.15) is 0 Å². The van der Waals surface area contributed by atoms with Crippen molar-refractivity contribution in [2.24, 2.45) is 11.7 Å². The predicted octanol–water partition coefficient (Wildman–Crippen LogP) is 1.40.